The van der Waals surface area contributed by atoms with Gasteiger partial charge in [0.05, 0.1) is 6.33 Å². The minimum absolute atomic E-state index is 0.00983. The average Bonchev–Trinajstić information content (AvgIpc) is 2.99. The molecule has 0 bridgehead atoms. The topological polar surface area (TPSA) is 66.7 Å². The molecular formula is C15H21IN4S. The van der Waals surface area contributed by atoms with Crippen LogP contribution in [0.3, 0.4) is 0 Å². The quantitative estimate of drug-likeness (QED) is 0.334. The molecule has 4 nitrogen and oxygen atoms in total. The molecule has 0 radical (unpaired) electrons. The number of hydrogen-bond donors (Lipinski definition) is 3. The van der Waals surface area contributed by atoms with Crippen LogP contribution in [-0.4, -0.2) is 27.8 Å². The molecule has 0 saturated heterocycles. The number of hydrogen-bond acceptors (Lipinski definition) is 4. The number of thioether (sulfide) groups is 1. The van der Waals surface area contributed by atoms with Crippen LogP contribution in [0, 0.1) is 3.57 Å². The summed E-state index contributed by atoms with van der Waals surface area (Å²) >= 11 is 4.09. The number of imidazole rings is 1. The van der Waals surface area contributed by atoms with Gasteiger partial charge in [-0.05, 0) is 65.3 Å². The van der Waals surface area contributed by atoms with Crippen LogP contribution in [0.15, 0.2) is 36.8 Å². The number of halogens is 1. The lowest BCUT2D eigenvalue weighted by Gasteiger charge is -2.13. The van der Waals surface area contributed by atoms with Crippen molar-refractivity contribution in [1.82, 2.24) is 15.3 Å². The summed E-state index contributed by atoms with van der Waals surface area (Å²) < 4.78 is 1.27. The van der Waals surface area contributed by atoms with Gasteiger partial charge in [0.1, 0.15) is 5.50 Å². The first kappa shape index (κ1) is 16.8. The predicted molar refractivity (Wildman–Crippen MR) is 98.2 cm³/mol. The Kier molecular flexibility index (Phi) is 7.56. The molecule has 6 heteroatoms. The van der Waals surface area contributed by atoms with E-state index in [4.69, 9.17) is 5.73 Å². The van der Waals surface area contributed by atoms with Crippen LogP contribution in [0.25, 0.3) is 0 Å². The number of nitrogens with one attached hydrogen (secondary N) is 2. The Morgan fingerprint density at radius 2 is 2.10 bits per heavy atom. The Balaban J connectivity index is 1.53. The van der Waals surface area contributed by atoms with Crippen molar-refractivity contribution in [2.24, 2.45) is 5.73 Å². The van der Waals surface area contributed by atoms with Crippen molar-refractivity contribution in [3.8, 4) is 0 Å². The zero-order valence-electron chi connectivity index (χ0n) is 11.9. The van der Waals surface area contributed by atoms with Gasteiger partial charge in [0.25, 0.3) is 0 Å². The van der Waals surface area contributed by atoms with E-state index < -0.39 is 0 Å². The highest BCUT2D eigenvalue weighted by atomic mass is 127. The first-order valence-electron chi connectivity index (χ1n) is 7.06. The molecule has 0 fully saturated rings. The van der Waals surface area contributed by atoms with Gasteiger partial charge in [-0.15, -0.1) is 11.8 Å². The van der Waals surface area contributed by atoms with E-state index in [1.165, 1.54) is 14.8 Å². The molecular weight excluding hydrogens is 395 g/mol. The standard InChI is InChI=1S/C15H21IN4S/c16-13-5-3-12(4-6-13)7-8-19-15(17)21-9-1-2-14-10-18-11-20-14/h3-6,10-11,15,19H,1-2,7-9,17H2,(H,18,20). The van der Waals surface area contributed by atoms with Crippen LogP contribution in [-0.2, 0) is 12.8 Å². The minimum Gasteiger partial charge on any atom is -0.348 e. The molecule has 2 aromatic rings. The summed E-state index contributed by atoms with van der Waals surface area (Å²) in [6.07, 6.45) is 6.76. The van der Waals surface area contributed by atoms with Crippen LogP contribution >= 0.6 is 34.4 Å². The lowest BCUT2D eigenvalue weighted by Crippen LogP contribution is -2.35. The van der Waals surface area contributed by atoms with Crippen molar-refractivity contribution >= 4 is 34.4 Å². The van der Waals surface area contributed by atoms with E-state index in [-0.39, 0.29) is 5.50 Å². The average molecular weight is 416 g/mol. The third-order valence-electron chi connectivity index (χ3n) is 3.12. The van der Waals surface area contributed by atoms with Gasteiger partial charge in [0.2, 0.25) is 0 Å². The molecule has 114 valence electrons. The Hall–Kier alpha value is -0.570. The maximum Gasteiger partial charge on any atom is 0.103 e. The maximum atomic E-state index is 6.05. The van der Waals surface area contributed by atoms with Gasteiger partial charge in [-0.25, -0.2) is 4.98 Å². The van der Waals surface area contributed by atoms with Crippen molar-refractivity contribution in [2.45, 2.75) is 24.8 Å². The predicted octanol–water partition coefficient (Wildman–Crippen LogP) is 2.75. The third-order valence-corrected chi connectivity index (χ3v) is 4.88. The Labute approximate surface area is 143 Å². The second-order valence-electron chi connectivity index (χ2n) is 4.80. The molecule has 0 aliphatic rings. The van der Waals surface area contributed by atoms with Crippen molar-refractivity contribution in [3.63, 3.8) is 0 Å². The van der Waals surface area contributed by atoms with Crippen molar-refractivity contribution in [3.05, 3.63) is 51.6 Å². The number of aryl methyl sites for hydroxylation is 1. The van der Waals surface area contributed by atoms with Gasteiger partial charge in [-0.1, -0.05) is 12.1 Å². The molecule has 1 atom stereocenters. The van der Waals surface area contributed by atoms with E-state index in [9.17, 15) is 0 Å². The smallest absolute Gasteiger partial charge is 0.103 e. The highest BCUT2D eigenvalue weighted by molar-refractivity contribution is 14.1. The van der Waals surface area contributed by atoms with E-state index in [0.717, 1.165) is 31.6 Å². The summed E-state index contributed by atoms with van der Waals surface area (Å²) in [6.45, 7) is 0.912. The summed E-state index contributed by atoms with van der Waals surface area (Å²) in [6, 6.07) is 8.62. The largest absolute Gasteiger partial charge is 0.348 e. The van der Waals surface area contributed by atoms with E-state index in [2.05, 4.69) is 62.1 Å². The fraction of sp³-hybridized carbons (Fsp3) is 0.400. The molecule has 21 heavy (non-hydrogen) atoms. The van der Waals surface area contributed by atoms with Crippen LogP contribution < -0.4 is 11.1 Å². The van der Waals surface area contributed by atoms with Gasteiger partial charge < -0.3 is 10.7 Å². The van der Waals surface area contributed by atoms with Crippen LogP contribution in [0.4, 0.5) is 0 Å². The monoisotopic (exact) mass is 416 g/mol. The molecule has 2 rings (SSSR count). The number of H-pyrrole nitrogens is 1. The number of aromatic amines is 1. The number of rotatable bonds is 9. The fourth-order valence-corrected chi connectivity index (χ4v) is 3.12. The number of aromatic nitrogens is 2. The molecule has 1 heterocycles. The van der Waals surface area contributed by atoms with E-state index in [1.54, 1.807) is 18.1 Å². The maximum absolute atomic E-state index is 6.05. The lowest BCUT2D eigenvalue weighted by molar-refractivity contribution is 0.663. The molecule has 0 spiro atoms. The van der Waals surface area contributed by atoms with Gasteiger partial charge in [-0.3, -0.25) is 5.32 Å². The number of nitrogens with two attached hydrogens (primary N) is 1. The van der Waals surface area contributed by atoms with Gasteiger partial charge in [-0.2, -0.15) is 0 Å². The van der Waals surface area contributed by atoms with E-state index in [0.29, 0.717) is 0 Å². The van der Waals surface area contributed by atoms with Crippen molar-refractivity contribution < 1.29 is 0 Å². The zero-order chi connectivity index (χ0) is 14.9. The first-order valence-corrected chi connectivity index (χ1v) is 9.19. The third kappa shape index (κ3) is 6.82. The summed E-state index contributed by atoms with van der Waals surface area (Å²) in [4.78, 5) is 7.12. The zero-order valence-corrected chi connectivity index (χ0v) is 14.9. The normalized spacial score (nSPS) is 12.5. The van der Waals surface area contributed by atoms with E-state index >= 15 is 0 Å². The SMILES string of the molecule is NC(NCCc1ccc(I)cc1)SCCCc1cnc[nH]1. The molecule has 0 aliphatic carbocycles. The van der Waals surface area contributed by atoms with Crippen LogP contribution in [0.1, 0.15) is 17.7 Å². The van der Waals surface area contributed by atoms with Gasteiger partial charge in [0, 0.05) is 22.0 Å². The highest BCUT2D eigenvalue weighted by Crippen LogP contribution is 2.09. The van der Waals surface area contributed by atoms with Crippen LogP contribution in [0.5, 0.6) is 0 Å². The summed E-state index contributed by atoms with van der Waals surface area (Å²) in [5, 5.41) is 3.36. The Morgan fingerprint density at radius 1 is 1.29 bits per heavy atom. The fourth-order valence-electron chi connectivity index (χ4n) is 1.96. The van der Waals surface area contributed by atoms with Gasteiger partial charge in [0.15, 0.2) is 0 Å². The van der Waals surface area contributed by atoms with Crippen LogP contribution in [0.2, 0.25) is 0 Å². The summed E-state index contributed by atoms with van der Waals surface area (Å²) in [5.41, 5.74) is 8.60. The van der Waals surface area contributed by atoms with Crippen molar-refractivity contribution in [1.29, 1.82) is 0 Å². The first-order chi connectivity index (χ1) is 10.2. The van der Waals surface area contributed by atoms with Gasteiger partial charge >= 0.3 is 0 Å². The second-order valence-corrected chi connectivity index (χ2v) is 7.30. The van der Waals surface area contributed by atoms with E-state index in [1.807, 2.05) is 6.20 Å². The molecule has 1 unspecified atom stereocenters. The Bertz CT molecular complexity index is 501. The number of nitrogens with zero attached hydrogens (tertiary/aromatic N) is 1. The minimum atomic E-state index is 0.00983. The molecule has 0 aliphatic heterocycles. The molecule has 1 aromatic carbocycles. The number of benzene rings is 1. The summed E-state index contributed by atoms with van der Waals surface area (Å²) in [7, 11) is 0. The molecule has 1 aromatic heterocycles. The molecule has 0 amide bonds. The second kappa shape index (κ2) is 9.45. The highest BCUT2D eigenvalue weighted by Gasteiger charge is 2.02. The lowest BCUT2D eigenvalue weighted by atomic mass is 10.1. The molecule has 0 saturated carbocycles. The van der Waals surface area contributed by atoms with Crippen molar-refractivity contribution in [2.75, 3.05) is 12.3 Å². The molecule has 4 N–H and O–H groups in total. The summed E-state index contributed by atoms with van der Waals surface area (Å²) in [5.74, 6) is 1.05. The Morgan fingerprint density at radius 3 is 2.81 bits per heavy atom.